The second-order valence-electron chi connectivity index (χ2n) is 12.5. The van der Waals surface area contributed by atoms with Gasteiger partial charge < -0.3 is 99.2 Å². The second-order valence-corrected chi connectivity index (χ2v) is 13.7. The zero-order valence-corrected chi connectivity index (χ0v) is 30.9. The Kier molecular flexibility index (Phi) is 22.0. The van der Waals surface area contributed by atoms with Crippen molar-refractivity contribution >= 4 is 37.9 Å². The van der Waals surface area contributed by atoms with E-state index in [1.54, 1.807) is 0 Å². The molecule has 20 nitrogen and oxygen atoms in total. The van der Waals surface area contributed by atoms with Gasteiger partial charge >= 0.3 is 0 Å². The van der Waals surface area contributed by atoms with Crippen molar-refractivity contribution in [2.45, 2.75) is 144 Å². The van der Waals surface area contributed by atoms with Crippen LogP contribution in [0.1, 0.15) is 20.8 Å². The first kappa shape index (κ1) is 49.4. The van der Waals surface area contributed by atoms with Crippen LogP contribution < -0.4 is 0 Å². The summed E-state index contributed by atoms with van der Waals surface area (Å²) in [4.78, 5) is 0. The van der Waals surface area contributed by atoms with Gasteiger partial charge in [0.2, 0.25) is 0 Å². The number of aliphatic hydroxyl groups excluding tert-OH is 12. The summed E-state index contributed by atoms with van der Waals surface area (Å²) in [5.41, 5.74) is 0. The van der Waals surface area contributed by atoms with E-state index in [0.717, 1.165) is 0 Å². The summed E-state index contributed by atoms with van der Waals surface area (Å²) in [5, 5.41) is 120. The maximum Gasteiger partial charge on any atom is 0.187 e. The summed E-state index contributed by atoms with van der Waals surface area (Å²) < 4.78 is 43.1. The van der Waals surface area contributed by atoms with E-state index in [1.165, 1.54) is 0 Å². The first-order valence-electron chi connectivity index (χ1n) is 16.7. The van der Waals surface area contributed by atoms with E-state index in [-0.39, 0.29) is 32.1 Å². The van der Waals surface area contributed by atoms with Gasteiger partial charge in [-0.05, 0) is 6.42 Å². The van der Waals surface area contributed by atoms with Crippen LogP contribution in [0.25, 0.3) is 0 Å². The third-order valence-electron chi connectivity index (χ3n) is 8.78. The Balaban J connectivity index is 0.000000360. The van der Waals surface area contributed by atoms with Crippen molar-refractivity contribution in [1.82, 2.24) is 0 Å². The summed E-state index contributed by atoms with van der Waals surface area (Å²) in [5.74, 6) is 0.452. The van der Waals surface area contributed by atoms with E-state index in [0.29, 0.717) is 12.2 Å². The number of hydrogen-bond acceptors (Lipinski definition) is 23. The molecule has 8 unspecified atom stereocenters. The van der Waals surface area contributed by atoms with E-state index in [2.05, 4.69) is 37.9 Å². The summed E-state index contributed by atoms with van der Waals surface area (Å²) in [6.07, 6.45) is -26.1. The second kappa shape index (κ2) is 23.6. The highest BCUT2D eigenvalue weighted by atomic mass is 32.1. The lowest BCUT2D eigenvalue weighted by Gasteiger charge is -2.46. The molecule has 0 amide bonds. The van der Waals surface area contributed by atoms with Crippen molar-refractivity contribution in [2.75, 3.05) is 43.7 Å². The zero-order valence-electron chi connectivity index (χ0n) is 28.2. The number of thiol groups is 3. The molecule has 23 heteroatoms. The minimum atomic E-state index is -1.62. The largest absolute Gasteiger partial charge is 0.394 e. The molecule has 316 valence electrons. The lowest BCUT2D eigenvalue weighted by Crippen LogP contribution is -2.64. The van der Waals surface area contributed by atoms with Gasteiger partial charge in [0.05, 0.1) is 32.0 Å². The van der Waals surface area contributed by atoms with Crippen molar-refractivity contribution in [1.29, 1.82) is 0 Å². The monoisotopic (exact) mass is 834 g/mol. The van der Waals surface area contributed by atoms with Crippen LogP contribution in [0.3, 0.4) is 0 Å². The molecule has 20 atom stereocenters. The predicted molar refractivity (Wildman–Crippen MR) is 189 cm³/mol. The van der Waals surface area contributed by atoms with Crippen molar-refractivity contribution in [3.05, 3.63) is 0 Å². The van der Waals surface area contributed by atoms with Gasteiger partial charge in [-0.3, -0.25) is 0 Å². The molecule has 0 aromatic carbocycles. The van der Waals surface area contributed by atoms with Crippen LogP contribution >= 0.6 is 37.9 Å². The van der Waals surface area contributed by atoms with Crippen LogP contribution in [0.15, 0.2) is 0 Å². The van der Waals surface area contributed by atoms with Gasteiger partial charge in [0.1, 0.15) is 85.5 Å². The Morgan fingerprint density at radius 2 is 0.792 bits per heavy atom. The first-order valence-corrected chi connectivity index (χ1v) is 18.6. The molecule has 0 saturated carbocycles. The molecular weight excluding hydrogens is 777 g/mol. The molecule has 0 aromatic rings. The Morgan fingerprint density at radius 1 is 0.453 bits per heavy atom. The Morgan fingerprint density at radius 3 is 1.11 bits per heavy atom. The standard InChI is InChI=1S/C15H28O10S.C14H26O10S2.CH4/c1-2-3-22-14-12(21)10(19)13(6(4-16)23-14)25-15-11(20)9(18)8(17)7(5-26)24-15;15-3-5-12(9(18)11(20)13(22-5)21-1-2-25)24-14-10(19)8(17)7(16)6(4-26)23-14;/h6-21,26H,2-5H2,1H3;5-20,25-26H,1-4H2;1H4/t6?,7?,8-,9+,10-,11?,12?,13-,14-,15+;5?,6?,7-,8-,9+,10?,11?,12+,13+,14-;/m10./s1. The third kappa shape index (κ3) is 12.1. The fraction of sp³-hybridized carbons (Fsp3) is 1.00. The molecule has 0 bridgehead atoms. The maximum absolute atomic E-state index is 10.4. The number of aliphatic hydroxyl groups is 12. The topological polar surface area (TPSA) is 317 Å². The number of ether oxygens (including phenoxy) is 8. The number of hydrogen-bond donors (Lipinski definition) is 15. The molecule has 53 heavy (non-hydrogen) atoms. The van der Waals surface area contributed by atoms with E-state index in [9.17, 15) is 61.3 Å². The normalized spacial score (nSPS) is 46.2. The predicted octanol–water partition coefficient (Wildman–Crippen LogP) is -5.89. The van der Waals surface area contributed by atoms with Crippen molar-refractivity contribution in [2.24, 2.45) is 0 Å². The van der Waals surface area contributed by atoms with Gasteiger partial charge in [0.15, 0.2) is 25.2 Å². The van der Waals surface area contributed by atoms with Gasteiger partial charge in [-0.2, -0.15) is 37.9 Å². The Hall–Kier alpha value is 0.250. The molecule has 4 rings (SSSR count). The maximum atomic E-state index is 10.4. The highest BCUT2D eigenvalue weighted by Crippen LogP contribution is 2.31. The van der Waals surface area contributed by atoms with Gasteiger partial charge in [-0.25, -0.2) is 0 Å². The molecule has 4 heterocycles. The lowest BCUT2D eigenvalue weighted by atomic mass is 9.97. The van der Waals surface area contributed by atoms with Gasteiger partial charge in [0, 0.05) is 23.9 Å². The van der Waals surface area contributed by atoms with Gasteiger partial charge in [0.25, 0.3) is 0 Å². The van der Waals surface area contributed by atoms with Crippen LogP contribution in [0.4, 0.5) is 0 Å². The average Bonchev–Trinajstić information content (AvgIpc) is 3.14. The fourth-order valence-corrected chi connectivity index (χ4v) is 6.50. The highest BCUT2D eigenvalue weighted by molar-refractivity contribution is 7.80. The molecule has 0 spiro atoms. The molecule has 0 radical (unpaired) electrons. The molecule has 12 N–H and O–H groups in total. The smallest absolute Gasteiger partial charge is 0.187 e. The number of rotatable bonds is 14. The van der Waals surface area contributed by atoms with Crippen LogP contribution in [0, 0.1) is 0 Å². The fourth-order valence-electron chi connectivity index (χ4n) is 5.79. The van der Waals surface area contributed by atoms with Crippen LogP contribution in [0.2, 0.25) is 0 Å². The van der Waals surface area contributed by atoms with Crippen molar-refractivity contribution in [3.8, 4) is 0 Å². The molecular formula is C30H58O20S3. The molecule has 0 aliphatic carbocycles. The lowest BCUT2D eigenvalue weighted by molar-refractivity contribution is -0.356. The van der Waals surface area contributed by atoms with E-state index in [4.69, 9.17) is 37.9 Å². The Bertz CT molecular complexity index is 931. The molecule has 4 fully saturated rings. The molecule has 4 aliphatic heterocycles. The minimum Gasteiger partial charge on any atom is -0.394 e. The summed E-state index contributed by atoms with van der Waals surface area (Å²) in [6.45, 7) is 1.18. The molecule has 0 aromatic heterocycles. The summed E-state index contributed by atoms with van der Waals surface area (Å²) in [7, 11) is 0. The van der Waals surface area contributed by atoms with Gasteiger partial charge in [-0.1, -0.05) is 14.4 Å². The zero-order chi connectivity index (χ0) is 38.9. The van der Waals surface area contributed by atoms with Crippen molar-refractivity contribution < 1.29 is 99.2 Å². The van der Waals surface area contributed by atoms with Crippen LogP contribution in [-0.2, 0) is 37.9 Å². The molecule has 4 aliphatic rings. The first-order chi connectivity index (χ1) is 24.7. The third-order valence-corrected chi connectivity index (χ3v) is 9.68. The van der Waals surface area contributed by atoms with Gasteiger partial charge in [-0.15, -0.1) is 0 Å². The highest BCUT2D eigenvalue weighted by Gasteiger charge is 2.52. The van der Waals surface area contributed by atoms with E-state index in [1.807, 2.05) is 6.92 Å². The minimum absolute atomic E-state index is 0. The van der Waals surface area contributed by atoms with Crippen LogP contribution in [0.5, 0.6) is 0 Å². The average molecular weight is 835 g/mol. The Labute approximate surface area is 323 Å². The van der Waals surface area contributed by atoms with Crippen LogP contribution in [-0.4, -0.2) is 228 Å². The molecule has 4 saturated heterocycles. The van der Waals surface area contributed by atoms with E-state index >= 15 is 0 Å². The van der Waals surface area contributed by atoms with E-state index < -0.39 is 136 Å². The summed E-state index contributed by atoms with van der Waals surface area (Å²) >= 11 is 12.0. The SMILES string of the molecule is C.CCCO[C@@H]1OC(CO)[C@@H](O[C@@H]2OC(CS)[C@@H](O)[C@H](O)C2O)[C@H](O)C1O.OCC1O[C@@H](OCCS)C(O)[C@@H](O)[C@@H]1O[C@@H]1OC(CS)[C@H](O)[C@H](O)C1O. The quantitative estimate of drug-likeness (QED) is 0.0725. The van der Waals surface area contributed by atoms with Crippen molar-refractivity contribution in [3.63, 3.8) is 0 Å². The summed E-state index contributed by atoms with van der Waals surface area (Å²) in [6, 6.07) is 0.